The van der Waals surface area contributed by atoms with Crippen LogP contribution in [0, 0.1) is 14.9 Å². The minimum Gasteiger partial charge on any atom is -0.493 e. The lowest BCUT2D eigenvalue weighted by Crippen LogP contribution is -2.12. The summed E-state index contributed by atoms with van der Waals surface area (Å²) in [7, 11) is 2.79. The van der Waals surface area contributed by atoms with E-state index in [9.17, 15) is 4.79 Å². The molecule has 0 saturated heterocycles. The normalized spacial score (nSPS) is 10.1. The van der Waals surface area contributed by atoms with Crippen LogP contribution in [-0.2, 0) is 4.74 Å². The third kappa shape index (κ3) is 2.78. The van der Waals surface area contributed by atoms with E-state index in [0.29, 0.717) is 11.4 Å². The van der Waals surface area contributed by atoms with Gasteiger partial charge in [0, 0.05) is 10.7 Å². The predicted molar refractivity (Wildman–Crippen MR) is 93.2 cm³/mol. The molecule has 1 aromatic heterocycles. The van der Waals surface area contributed by atoms with Gasteiger partial charge in [0.2, 0.25) is 0 Å². The number of nitrogens with two attached hydrogens (primary N) is 1. The van der Waals surface area contributed by atoms with Crippen molar-refractivity contribution in [1.82, 2.24) is 4.57 Å². The van der Waals surface area contributed by atoms with Gasteiger partial charge in [0.05, 0.1) is 34.7 Å². The van der Waals surface area contributed by atoms with Gasteiger partial charge in [-0.25, -0.2) is 4.79 Å². The number of benzene rings is 1. The Kier molecular flexibility index (Phi) is 4.97. The number of methoxy groups -OCH3 is 2. The molecule has 2 N–H and O–H groups in total. The highest BCUT2D eigenvalue weighted by molar-refractivity contribution is 14.1. The zero-order valence-electron chi connectivity index (χ0n) is 11.7. The average Bonchev–Trinajstić information content (AvgIpc) is 2.82. The number of ether oxygens (including phenoxy) is 2. The molecule has 22 heavy (non-hydrogen) atoms. The fraction of sp³-hybridized carbons (Fsp3) is 0.143. The molecule has 1 heterocycles. The molecule has 1 aromatic carbocycles. The summed E-state index contributed by atoms with van der Waals surface area (Å²) in [6.07, 6.45) is 1.49. The molecule has 0 aliphatic heterocycles. The van der Waals surface area contributed by atoms with Gasteiger partial charge >= 0.3 is 5.97 Å². The van der Waals surface area contributed by atoms with Crippen LogP contribution >= 0.6 is 38.5 Å². The van der Waals surface area contributed by atoms with Gasteiger partial charge in [-0.15, -0.1) is 0 Å². The number of esters is 1. The van der Waals surface area contributed by atoms with E-state index < -0.39 is 5.97 Å². The first-order valence-corrected chi connectivity index (χ1v) is 7.84. The number of halogens is 2. The van der Waals surface area contributed by atoms with Crippen LogP contribution in [0.15, 0.2) is 22.8 Å². The Morgan fingerprint density at radius 2 is 2.14 bits per heavy atom. The molecular formula is C14H11BrIN3O3. The smallest absolute Gasteiger partial charge is 0.357 e. The van der Waals surface area contributed by atoms with Crippen molar-refractivity contribution >= 4 is 50.2 Å². The maximum absolute atomic E-state index is 12.0. The average molecular weight is 476 g/mol. The molecular weight excluding hydrogens is 465 g/mol. The largest absolute Gasteiger partial charge is 0.493 e. The van der Waals surface area contributed by atoms with Crippen LogP contribution in [0.4, 0.5) is 5.69 Å². The Bertz CT molecular complexity index is 796. The monoisotopic (exact) mass is 475 g/mol. The Morgan fingerprint density at radius 3 is 2.68 bits per heavy atom. The van der Waals surface area contributed by atoms with E-state index in [2.05, 4.69) is 38.5 Å². The lowest BCUT2D eigenvalue weighted by atomic mass is 10.2. The van der Waals surface area contributed by atoms with E-state index in [-0.39, 0.29) is 16.9 Å². The van der Waals surface area contributed by atoms with Crippen LogP contribution in [0.2, 0.25) is 0 Å². The van der Waals surface area contributed by atoms with E-state index in [1.54, 1.807) is 6.07 Å². The summed E-state index contributed by atoms with van der Waals surface area (Å²) in [5, 5.41) is 9.16. The molecule has 8 heteroatoms. The van der Waals surface area contributed by atoms with E-state index >= 15 is 0 Å². The molecule has 0 aliphatic rings. The van der Waals surface area contributed by atoms with Crippen molar-refractivity contribution in [2.45, 2.75) is 0 Å². The molecule has 114 valence electrons. The second-order valence-corrected chi connectivity index (χ2v) is 6.30. The van der Waals surface area contributed by atoms with E-state index in [4.69, 9.17) is 20.5 Å². The number of anilines is 1. The number of nitriles is 1. The van der Waals surface area contributed by atoms with Crippen LogP contribution < -0.4 is 10.5 Å². The first kappa shape index (κ1) is 16.6. The molecule has 0 fully saturated rings. The van der Waals surface area contributed by atoms with Crippen molar-refractivity contribution in [1.29, 1.82) is 5.26 Å². The van der Waals surface area contributed by atoms with Gasteiger partial charge < -0.3 is 19.8 Å². The molecule has 0 radical (unpaired) electrons. The third-order valence-electron chi connectivity index (χ3n) is 3.00. The molecule has 0 aliphatic carbocycles. The number of aromatic nitrogens is 1. The van der Waals surface area contributed by atoms with Gasteiger partial charge in [-0.3, -0.25) is 0 Å². The first-order valence-electron chi connectivity index (χ1n) is 5.97. The van der Waals surface area contributed by atoms with Crippen LogP contribution in [0.25, 0.3) is 5.69 Å². The maximum Gasteiger partial charge on any atom is 0.357 e. The number of rotatable bonds is 3. The lowest BCUT2D eigenvalue weighted by Gasteiger charge is -2.14. The Morgan fingerprint density at radius 1 is 1.45 bits per heavy atom. The Labute approximate surface area is 149 Å². The van der Waals surface area contributed by atoms with Crippen molar-refractivity contribution in [3.05, 3.63) is 37.6 Å². The van der Waals surface area contributed by atoms with E-state index in [0.717, 1.165) is 8.04 Å². The number of hydrogen-bond acceptors (Lipinski definition) is 5. The van der Waals surface area contributed by atoms with Crippen molar-refractivity contribution in [3.63, 3.8) is 0 Å². The Hall–Kier alpha value is -1.73. The number of nitrogen functional groups attached to an aromatic ring is 1. The van der Waals surface area contributed by atoms with Crippen LogP contribution in [0.5, 0.6) is 5.75 Å². The predicted octanol–water partition coefficient (Wildman–Crippen LogP) is 3.09. The van der Waals surface area contributed by atoms with Gasteiger partial charge in [0.25, 0.3) is 0 Å². The number of carbonyl (C=O) groups is 1. The lowest BCUT2D eigenvalue weighted by molar-refractivity contribution is 0.0593. The SMILES string of the molecule is COC(=O)c1c(N)c(C#N)cn1-c1cc(Br)cc(I)c1OC. The molecule has 2 rings (SSSR count). The summed E-state index contributed by atoms with van der Waals surface area (Å²) >= 11 is 5.53. The van der Waals surface area contributed by atoms with Crippen molar-refractivity contribution in [2.24, 2.45) is 0 Å². The van der Waals surface area contributed by atoms with Crippen molar-refractivity contribution in [3.8, 4) is 17.5 Å². The number of hydrogen-bond donors (Lipinski definition) is 1. The van der Waals surface area contributed by atoms with Crippen LogP contribution in [0.1, 0.15) is 16.1 Å². The maximum atomic E-state index is 12.0. The first-order chi connectivity index (χ1) is 10.4. The summed E-state index contributed by atoms with van der Waals surface area (Å²) in [5.41, 5.74) is 6.83. The molecule has 0 amide bonds. The minimum absolute atomic E-state index is 0.0754. The zero-order chi connectivity index (χ0) is 16.4. The van der Waals surface area contributed by atoms with Gasteiger partial charge in [0.15, 0.2) is 11.4 Å². The van der Waals surface area contributed by atoms with E-state index in [1.165, 1.54) is 25.0 Å². The highest BCUT2D eigenvalue weighted by Crippen LogP contribution is 2.35. The number of carbonyl (C=O) groups excluding carboxylic acids is 1. The molecule has 6 nitrogen and oxygen atoms in total. The van der Waals surface area contributed by atoms with Gasteiger partial charge in [-0.2, -0.15) is 5.26 Å². The molecule has 2 aromatic rings. The highest BCUT2D eigenvalue weighted by atomic mass is 127. The second-order valence-electron chi connectivity index (χ2n) is 4.22. The van der Waals surface area contributed by atoms with Gasteiger partial charge in [-0.05, 0) is 34.7 Å². The minimum atomic E-state index is -0.629. The Balaban J connectivity index is 2.84. The standard InChI is InChI=1S/C14H11BrIN3O3/c1-21-13-9(16)3-8(15)4-10(13)19-6-7(5-17)11(18)12(19)14(20)22-2/h3-4,6H,18H2,1-2H3. The topological polar surface area (TPSA) is 90.3 Å². The molecule has 0 bridgehead atoms. The van der Waals surface area contributed by atoms with Crippen molar-refractivity contribution < 1.29 is 14.3 Å². The van der Waals surface area contributed by atoms with Crippen LogP contribution in [0.3, 0.4) is 0 Å². The fourth-order valence-electron chi connectivity index (χ4n) is 2.03. The fourth-order valence-corrected chi connectivity index (χ4v) is 3.74. The van der Waals surface area contributed by atoms with Gasteiger partial charge in [0.1, 0.15) is 6.07 Å². The van der Waals surface area contributed by atoms with Gasteiger partial charge in [-0.1, -0.05) is 15.9 Å². The van der Waals surface area contributed by atoms with Crippen LogP contribution in [-0.4, -0.2) is 24.8 Å². The van der Waals surface area contributed by atoms with Crippen molar-refractivity contribution in [2.75, 3.05) is 20.0 Å². The third-order valence-corrected chi connectivity index (χ3v) is 4.26. The summed E-state index contributed by atoms with van der Waals surface area (Å²) < 4.78 is 13.3. The van der Waals surface area contributed by atoms with E-state index in [1.807, 2.05) is 12.1 Å². The zero-order valence-corrected chi connectivity index (χ0v) is 15.4. The molecule has 0 saturated carbocycles. The molecule has 0 atom stereocenters. The molecule has 0 unspecified atom stereocenters. The second kappa shape index (κ2) is 6.58. The summed E-state index contributed by atoms with van der Waals surface area (Å²) in [6.45, 7) is 0. The number of nitrogens with zero attached hydrogens (tertiary/aromatic N) is 2. The quantitative estimate of drug-likeness (QED) is 0.544. The summed E-state index contributed by atoms with van der Waals surface area (Å²) in [5.74, 6) is -0.0653. The molecule has 0 spiro atoms. The highest BCUT2D eigenvalue weighted by Gasteiger charge is 2.24. The summed E-state index contributed by atoms with van der Waals surface area (Å²) in [6, 6.07) is 5.61. The summed E-state index contributed by atoms with van der Waals surface area (Å²) in [4.78, 5) is 12.0.